The molecule has 4 aromatic carbocycles. The summed E-state index contributed by atoms with van der Waals surface area (Å²) in [5.74, 6) is 0.956. The van der Waals surface area contributed by atoms with E-state index >= 15 is 0 Å². The maximum Gasteiger partial charge on any atom is 0.271 e. The highest BCUT2D eigenvalue weighted by Crippen LogP contribution is 2.33. The molecule has 0 spiro atoms. The number of para-hydroxylation sites is 1. The number of thiazole rings is 1. The van der Waals surface area contributed by atoms with Gasteiger partial charge in [0.15, 0.2) is 4.80 Å². The van der Waals surface area contributed by atoms with Crippen LogP contribution in [0.3, 0.4) is 0 Å². The monoisotopic (exact) mass is 873 g/mol. The number of benzene rings is 4. The lowest BCUT2D eigenvalue weighted by Crippen LogP contribution is -2.40. The lowest BCUT2D eigenvalue weighted by atomic mass is 9.95. The van der Waals surface area contributed by atoms with Crippen LogP contribution in [0.4, 0.5) is 5.69 Å². The molecule has 0 saturated carbocycles. The zero-order valence-electron chi connectivity index (χ0n) is 24.6. The van der Waals surface area contributed by atoms with Gasteiger partial charge in [0.25, 0.3) is 11.5 Å². The molecule has 1 N–H and O–H groups in total. The van der Waals surface area contributed by atoms with Crippen LogP contribution >= 0.6 is 68.1 Å². The van der Waals surface area contributed by atoms with Gasteiger partial charge in [-0.1, -0.05) is 65.4 Å². The minimum Gasteiger partial charge on any atom is -0.497 e. The number of fused-ring (bicyclic) bond motifs is 1. The fourth-order valence-corrected chi connectivity index (χ4v) is 8.38. The highest BCUT2D eigenvalue weighted by Gasteiger charge is 2.33. The second-order valence-corrected chi connectivity index (χ2v) is 14.3. The van der Waals surface area contributed by atoms with Crippen molar-refractivity contribution in [2.24, 2.45) is 4.99 Å². The average Bonchev–Trinajstić information content (AvgIpc) is 3.34. The van der Waals surface area contributed by atoms with Gasteiger partial charge in [0.05, 0.1) is 32.5 Å². The molecule has 11 heteroatoms. The Morgan fingerprint density at radius 1 is 1.04 bits per heavy atom. The van der Waals surface area contributed by atoms with Crippen molar-refractivity contribution in [1.29, 1.82) is 0 Å². The first kappa shape index (κ1) is 32.5. The van der Waals surface area contributed by atoms with E-state index in [-0.39, 0.29) is 11.5 Å². The second kappa shape index (κ2) is 14.1. The molecule has 0 aliphatic carbocycles. The van der Waals surface area contributed by atoms with Crippen LogP contribution in [-0.4, -0.2) is 17.6 Å². The smallest absolute Gasteiger partial charge is 0.271 e. The van der Waals surface area contributed by atoms with E-state index in [4.69, 9.17) is 26.1 Å². The number of nitrogens with one attached hydrogen (secondary N) is 1. The number of anilines is 1. The molecule has 0 bridgehead atoms. The number of rotatable bonds is 8. The lowest BCUT2D eigenvalue weighted by molar-refractivity contribution is -0.113. The Hall–Kier alpha value is -3.46. The number of allylic oxidation sites excluding steroid dienone is 1. The van der Waals surface area contributed by atoms with Crippen molar-refractivity contribution in [3.05, 3.63) is 151 Å². The minimum absolute atomic E-state index is 0.258. The lowest BCUT2D eigenvalue weighted by Gasteiger charge is -2.25. The molecule has 7 nitrogen and oxygen atoms in total. The van der Waals surface area contributed by atoms with Crippen molar-refractivity contribution in [2.45, 2.75) is 19.6 Å². The number of halogens is 3. The van der Waals surface area contributed by atoms with Gasteiger partial charge >= 0.3 is 0 Å². The number of hydrogen-bond donors (Lipinski definition) is 1. The number of carbonyl (C=O) groups excluding carboxylic acids is 1. The van der Waals surface area contributed by atoms with Crippen molar-refractivity contribution < 1.29 is 14.3 Å². The predicted octanol–water partition coefficient (Wildman–Crippen LogP) is 7.32. The molecule has 1 atom stereocenters. The number of ether oxygens (including phenoxy) is 2. The van der Waals surface area contributed by atoms with Crippen molar-refractivity contribution in [1.82, 2.24) is 4.57 Å². The highest BCUT2D eigenvalue weighted by atomic mass is 127. The van der Waals surface area contributed by atoms with Crippen molar-refractivity contribution in [2.75, 3.05) is 12.4 Å². The third kappa shape index (κ3) is 6.94. The number of methoxy groups -OCH3 is 1. The first-order chi connectivity index (χ1) is 22.2. The summed E-state index contributed by atoms with van der Waals surface area (Å²) in [6, 6.07) is 27.4. The van der Waals surface area contributed by atoms with E-state index in [1.54, 1.807) is 18.6 Å². The molecule has 0 unspecified atom stereocenters. The Morgan fingerprint density at radius 2 is 1.80 bits per heavy atom. The summed E-state index contributed by atoms with van der Waals surface area (Å²) in [6.45, 7) is 2.14. The number of amides is 1. The van der Waals surface area contributed by atoms with Gasteiger partial charge in [-0.2, -0.15) is 0 Å². The molecule has 0 radical (unpaired) electrons. The fraction of sp³-hybridized carbons (Fsp3) is 0.114. The van der Waals surface area contributed by atoms with Gasteiger partial charge in [0, 0.05) is 19.8 Å². The normalized spacial score (nSPS) is 14.5. The van der Waals surface area contributed by atoms with Gasteiger partial charge in [-0.05, 0) is 118 Å². The first-order valence-electron chi connectivity index (χ1n) is 14.1. The van der Waals surface area contributed by atoms with Crippen LogP contribution in [0.2, 0.25) is 5.02 Å². The van der Waals surface area contributed by atoms with Gasteiger partial charge in [-0.3, -0.25) is 14.2 Å². The number of nitrogens with zero attached hydrogens (tertiary/aromatic N) is 2. The van der Waals surface area contributed by atoms with Gasteiger partial charge < -0.3 is 14.8 Å². The zero-order valence-corrected chi connectivity index (χ0v) is 30.5. The molecule has 0 fully saturated rings. The Balaban J connectivity index is 1.47. The van der Waals surface area contributed by atoms with Crippen LogP contribution in [0.25, 0.3) is 6.08 Å². The van der Waals surface area contributed by atoms with E-state index in [0.717, 1.165) is 23.8 Å². The molecule has 2 heterocycles. The van der Waals surface area contributed by atoms with E-state index in [1.165, 1.54) is 11.3 Å². The summed E-state index contributed by atoms with van der Waals surface area (Å²) < 4.78 is 15.8. The van der Waals surface area contributed by atoms with Gasteiger partial charge in [-0.15, -0.1) is 0 Å². The third-order valence-corrected chi connectivity index (χ3v) is 9.99. The topological polar surface area (TPSA) is 81.9 Å². The van der Waals surface area contributed by atoms with E-state index < -0.39 is 6.04 Å². The maximum atomic E-state index is 14.3. The standard InChI is InChI=1S/C35H26ClI2N3O4S/c1-20-30(33(42)40-26-8-4-3-5-9-26)31(22-7-6-10-27(16-22)44-2)41-34(43)29(46-35(41)39-20)17-23-15-25(37)18-28(38)32(23)45-19-21-11-13-24(36)14-12-21/h3-18,31H,19H2,1-2H3,(H,40,42)/b29-17-/t31-/m0/s1. The zero-order chi connectivity index (χ0) is 32.4. The summed E-state index contributed by atoms with van der Waals surface area (Å²) in [5.41, 5.74) is 3.78. The molecule has 6 rings (SSSR count). The van der Waals surface area contributed by atoms with Crippen molar-refractivity contribution in [3.63, 3.8) is 0 Å². The summed E-state index contributed by atoms with van der Waals surface area (Å²) in [4.78, 5) is 33.5. The van der Waals surface area contributed by atoms with E-state index in [1.807, 2.05) is 97.1 Å². The summed E-state index contributed by atoms with van der Waals surface area (Å²) in [5, 5.41) is 3.64. The molecule has 1 amide bonds. The Kier molecular flexibility index (Phi) is 9.97. The number of hydrogen-bond acceptors (Lipinski definition) is 6. The third-order valence-electron chi connectivity index (χ3n) is 7.33. The average molecular weight is 874 g/mol. The Labute approximate surface area is 301 Å². The van der Waals surface area contributed by atoms with Crippen LogP contribution < -0.4 is 29.7 Å². The molecular formula is C35H26ClI2N3O4S. The van der Waals surface area contributed by atoms with Crippen molar-refractivity contribution in [3.8, 4) is 11.5 Å². The predicted molar refractivity (Wildman–Crippen MR) is 199 cm³/mol. The summed E-state index contributed by atoms with van der Waals surface area (Å²) in [6.07, 6.45) is 1.84. The quantitative estimate of drug-likeness (QED) is 0.166. The van der Waals surface area contributed by atoms with E-state index in [2.05, 4.69) is 50.5 Å². The maximum absolute atomic E-state index is 14.3. The van der Waals surface area contributed by atoms with Crippen LogP contribution in [-0.2, 0) is 11.4 Å². The summed E-state index contributed by atoms with van der Waals surface area (Å²) in [7, 11) is 1.59. The largest absolute Gasteiger partial charge is 0.497 e. The van der Waals surface area contributed by atoms with Gasteiger partial charge in [0.1, 0.15) is 18.1 Å². The van der Waals surface area contributed by atoms with E-state index in [0.29, 0.717) is 49.4 Å². The van der Waals surface area contributed by atoms with E-state index in [9.17, 15) is 9.59 Å². The van der Waals surface area contributed by atoms with Gasteiger partial charge in [-0.25, -0.2) is 4.99 Å². The second-order valence-electron chi connectivity index (χ2n) is 10.4. The van der Waals surface area contributed by atoms with Crippen LogP contribution in [0.15, 0.2) is 112 Å². The number of aromatic nitrogens is 1. The molecule has 0 saturated heterocycles. The Morgan fingerprint density at radius 3 is 2.54 bits per heavy atom. The van der Waals surface area contributed by atoms with Crippen LogP contribution in [0.1, 0.15) is 29.7 Å². The fourth-order valence-electron chi connectivity index (χ4n) is 5.18. The molecule has 1 aromatic heterocycles. The minimum atomic E-state index is -0.728. The molecule has 232 valence electrons. The highest BCUT2D eigenvalue weighted by molar-refractivity contribution is 14.1. The van der Waals surface area contributed by atoms with Gasteiger partial charge in [0.2, 0.25) is 0 Å². The number of carbonyl (C=O) groups is 1. The molecular weight excluding hydrogens is 848 g/mol. The molecule has 5 aromatic rings. The van der Waals surface area contributed by atoms with Crippen molar-refractivity contribution >= 4 is 85.8 Å². The molecule has 1 aliphatic rings. The summed E-state index contributed by atoms with van der Waals surface area (Å²) >= 11 is 11.9. The van der Waals surface area contributed by atoms with Crippen LogP contribution in [0, 0.1) is 7.14 Å². The SMILES string of the molecule is COc1cccc([C@H]2C(C(=O)Nc3ccccc3)=C(C)N=c3s/c(=C\c4cc(I)cc(I)c4OCc4ccc(Cl)cc4)c(=O)n32)c1. The van der Waals surface area contributed by atoms with Crippen LogP contribution in [0.5, 0.6) is 11.5 Å². The first-order valence-corrected chi connectivity index (χ1v) is 17.5. The molecule has 1 aliphatic heterocycles. The Bertz CT molecular complexity index is 2160. The molecule has 46 heavy (non-hydrogen) atoms.